The zero-order valence-corrected chi connectivity index (χ0v) is 13.0. The topological polar surface area (TPSA) is 103 Å². The molecule has 0 saturated heterocycles. The van der Waals surface area contributed by atoms with Crippen molar-refractivity contribution in [1.82, 2.24) is 19.7 Å². The number of nitrogen functional groups attached to an aromatic ring is 1. The molecule has 0 saturated carbocycles. The highest BCUT2D eigenvalue weighted by atomic mass is 35.5. The number of anilines is 1. The highest BCUT2D eigenvalue weighted by Gasteiger charge is 2.18. The first-order chi connectivity index (χ1) is 9.90. The molecule has 0 radical (unpaired) electrons. The van der Waals surface area contributed by atoms with E-state index < -0.39 is 10.0 Å². The van der Waals surface area contributed by atoms with E-state index in [0.717, 1.165) is 0 Å². The number of rotatable bonds is 6. The van der Waals surface area contributed by atoms with Crippen LogP contribution in [0.5, 0.6) is 0 Å². The van der Waals surface area contributed by atoms with E-state index in [2.05, 4.69) is 15.0 Å². The molecule has 114 valence electrons. The van der Waals surface area contributed by atoms with E-state index >= 15 is 0 Å². The normalized spacial score (nSPS) is 11.7. The van der Waals surface area contributed by atoms with E-state index in [1.807, 2.05) is 0 Å². The summed E-state index contributed by atoms with van der Waals surface area (Å²) in [6.07, 6.45) is 3.89. The van der Waals surface area contributed by atoms with Crippen molar-refractivity contribution in [3.63, 3.8) is 0 Å². The van der Waals surface area contributed by atoms with Crippen LogP contribution in [0.3, 0.4) is 0 Å². The molecule has 0 fully saturated rings. The summed E-state index contributed by atoms with van der Waals surface area (Å²) in [5.74, 6) is 0. The molecule has 0 unspecified atom stereocenters. The second-order valence-electron chi connectivity index (χ2n) is 4.54. The van der Waals surface area contributed by atoms with Gasteiger partial charge in [0.1, 0.15) is 0 Å². The van der Waals surface area contributed by atoms with Crippen molar-refractivity contribution in [2.45, 2.75) is 24.8 Å². The first-order valence-corrected chi connectivity index (χ1v) is 8.15. The molecule has 0 amide bonds. The highest BCUT2D eigenvalue weighted by Crippen LogP contribution is 2.25. The van der Waals surface area contributed by atoms with E-state index in [1.54, 1.807) is 24.0 Å². The predicted molar refractivity (Wildman–Crippen MR) is 80.4 cm³/mol. The fraction of sp³-hybridized carbons (Fsp3) is 0.333. The molecule has 0 aliphatic carbocycles. The first kappa shape index (κ1) is 15.7. The minimum Gasteiger partial charge on any atom is -0.398 e. The van der Waals surface area contributed by atoms with Crippen LogP contribution < -0.4 is 10.5 Å². The van der Waals surface area contributed by atoms with E-state index in [4.69, 9.17) is 17.3 Å². The maximum absolute atomic E-state index is 12.3. The molecule has 3 N–H and O–H groups in total. The molecule has 2 aromatic rings. The van der Waals surface area contributed by atoms with Crippen molar-refractivity contribution >= 4 is 27.3 Å². The summed E-state index contributed by atoms with van der Waals surface area (Å²) in [6.45, 7) is 2.52. The lowest BCUT2D eigenvalue weighted by atomic mass is 10.2. The number of nitrogens with zero attached hydrogens (tertiary/aromatic N) is 3. The smallest absolute Gasteiger partial charge is 0.240 e. The number of hydrogen-bond donors (Lipinski definition) is 2. The quantitative estimate of drug-likeness (QED) is 0.612. The average molecular weight is 330 g/mol. The molecule has 7 nitrogen and oxygen atoms in total. The second-order valence-corrected chi connectivity index (χ2v) is 6.71. The molecule has 0 spiro atoms. The number of nitrogens with one attached hydrogen (secondary N) is 1. The molecular weight excluding hydrogens is 314 g/mol. The lowest BCUT2D eigenvalue weighted by molar-refractivity contribution is 0.542. The Morgan fingerprint density at radius 1 is 1.43 bits per heavy atom. The van der Waals surface area contributed by atoms with Crippen LogP contribution in [0.4, 0.5) is 5.69 Å². The number of hydrogen-bond acceptors (Lipinski definition) is 5. The van der Waals surface area contributed by atoms with Crippen molar-refractivity contribution < 1.29 is 8.42 Å². The minimum atomic E-state index is -3.64. The van der Waals surface area contributed by atoms with Gasteiger partial charge in [0.2, 0.25) is 10.0 Å². The Morgan fingerprint density at radius 2 is 2.19 bits per heavy atom. The van der Waals surface area contributed by atoms with Crippen LogP contribution >= 0.6 is 11.6 Å². The largest absolute Gasteiger partial charge is 0.398 e. The SMILES string of the molecule is Cc1c(N)cc(Cl)cc1S(=O)(=O)NCCCn1ccnn1. The van der Waals surface area contributed by atoms with Gasteiger partial charge >= 0.3 is 0 Å². The molecule has 1 aromatic carbocycles. The molecular formula is C12H16ClN5O2S. The molecule has 0 aliphatic heterocycles. The summed E-state index contributed by atoms with van der Waals surface area (Å²) in [4.78, 5) is 0.105. The number of nitrogens with two attached hydrogens (primary N) is 1. The van der Waals surface area contributed by atoms with Gasteiger partial charge in [-0.15, -0.1) is 5.10 Å². The van der Waals surface area contributed by atoms with Gasteiger partial charge in [0.05, 0.1) is 11.1 Å². The van der Waals surface area contributed by atoms with Gasteiger partial charge in [-0.05, 0) is 31.0 Å². The summed E-state index contributed by atoms with van der Waals surface area (Å²) in [5, 5.41) is 7.77. The lowest BCUT2D eigenvalue weighted by Crippen LogP contribution is -2.26. The number of halogens is 1. The van der Waals surface area contributed by atoms with E-state index in [1.165, 1.54) is 12.1 Å². The Hall–Kier alpha value is -1.64. The summed E-state index contributed by atoms with van der Waals surface area (Å²) >= 11 is 5.87. The predicted octanol–water partition coefficient (Wildman–Crippen LogP) is 1.19. The zero-order valence-electron chi connectivity index (χ0n) is 11.5. The van der Waals surface area contributed by atoms with Gasteiger partial charge in [-0.3, -0.25) is 4.68 Å². The Labute approximate surface area is 128 Å². The fourth-order valence-corrected chi connectivity index (χ4v) is 3.49. The van der Waals surface area contributed by atoms with Gasteiger partial charge in [-0.1, -0.05) is 16.8 Å². The molecule has 0 atom stereocenters. The number of aryl methyl sites for hydroxylation is 1. The van der Waals surface area contributed by atoms with Crippen LogP contribution in [0.1, 0.15) is 12.0 Å². The van der Waals surface area contributed by atoms with E-state index in [-0.39, 0.29) is 11.4 Å². The van der Waals surface area contributed by atoms with Gasteiger partial charge in [0, 0.05) is 30.0 Å². The van der Waals surface area contributed by atoms with E-state index in [9.17, 15) is 8.42 Å². The average Bonchev–Trinajstić information content (AvgIpc) is 2.92. The van der Waals surface area contributed by atoms with Crippen molar-refractivity contribution in [2.75, 3.05) is 12.3 Å². The summed E-state index contributed by atoms with van der Waals surface area (Å²) in [5.41, 5.74) is 6.58. The zero-order chi connectivity index (χ0) is 15.5. The van der Waals surface area contributed by atoms with Crippen molar-refractivity contribution in [1.29, 1.82) is 0 Å². The van der Waals surface area contributed by atoms with Crippen LogP contribution in [0.2, 0.25) is 5.02 Å². The molecule has 21 heavy (non-hydrogen) atoms. The van der Waals surface area contributed by atoms with Gasteiger partial charge in [0.15, 0.2) is 0 Å². The maximum atomic E-state index is 12.3. The van der Waals surface area contributed by atoms with Gasteiger partial charge < -0.3 is 5.73 Å². The third-order valence-corrected chi connectivity index (χ3v) is 4.79. The maximum Gasteiger partial charge on any atom is 0.240 e. The molecule has 9 heteroatoms. The van der Waals surface area contributed by atoms with E-state index in [0.29, 0.717) is 29.2 Å². The third kappa shape index (κ3) is 3.93. The van der Waals surface area contributed by atoms with Crippen LogP contribution in [0.15, 0.2) is 29.4 Å². The van der Waals surface area contributed by atoms with Crippen molar-refractivity contribution in [3.8, 4) is 0 Å². The minimum absolute atomic E-state index is 0.105. The standard InChI is InChI=1S/C12H16ClN5O2S/c1-9-11(14)7-10(13)8-12(9)21(19,20)16-3-2-5-18-6-4-15-17-18/h4,6-8,16H,2-3,5,14H2,1H3. The first-order valence-electron chi connectivity index (χ1n) is 6.29. The van der Waals surface area contributed by atoms with Gasteiger partial charge in [0.25, 0.3) is 0 Å². The lowest BCUT2D eigenvalue weighted by Gasteiger charge is -2.11. The van der Waals surface area contributed by atoms with Crippen LogP contribution in [0, 0.1) is 6.92 Å². The Morgan fingerprint density at radius 3 is 2.86 bits per heavy atom. The Kier molecular flexibility index (Phi) is 4.81. The summed E-state index contributed by atoms with van der Waals surface area (Å²) < 4.78 is 28.7. The van der Waals surface area contributed by atoms with Crippen LogP contribution in [0.25, 0.3) is 0 Å². The molecule has 1 aromatic heterocycles. The van der Waals surface area contributed by atoms with Crippen molar-refractivity contribution in [2.24, 2.45) is 0 Å². The molecule has 1 heterocycles. The van der Waals surface area contributed by atoms with Crippen LogP contribution in [-0.4, -0.2) is 30.0 Å². The van der Waals surface area contributed by atoms with Gasteiger partial charge in [-0.25, -0.2) is 13.1 Å². The molecule has 2 rings (SSSR count). The number of aromatic nitrogens is 3. The monoisotopic (exact) mass is 329 g/mol. The summed E-state index contributed by atoms with van der Waals surface area (Å²) in [6, 6.07) is 2.92. The highest BCUT2D eigenvalue weighted by molar-refractivity contribution is 7.89. The molecule has 0 aliphatic rings. The second kappa shape index (κ2) is 6.42. The molecule has 0 bridgehead atoms. The van der Waals surface area contributed by atoms with Crippen LogP contribution in [-0.2, 0) is 16.6 Å². The number of benzene rings is 1. The van der Waals surface area contributed by atoms with Gasteiger partial charge in [-0.2, -0.15) is 0 Å². The summed E-state index contributed by atoms with van der Waals surface area (Å²) in [7, 11) is -3.64. The Balaban J connectivity index is 2.02. The third-order valence-electron chi connectivity index (χ3n) is 2.98. The Bertz CT molecular complexity index is 715. The number of sulfonamides is 1. The fourth-order valence-electron chi connectivity index (χ4n) is 1.83. The van der Waals surface area contributed by atoms with Crippen molar-refractivity contribution in [3.05, 3.63) is 35.1 Å².